The number of hydrogen-bond donors (Lipinski definition) is 1. The summed E-state index contributed by atoms with van der Waals surface area (Å²) in [6, 6.07) is 1.56. The number of hydrogen-bond acceptors (Lipinski definition) is 5. The predicted molar refractivity (Wildman–Crippen MR) is 56.1 cm³/mol. The minimum absolute atomic E-state index is 0.0921. The van der Waals surface area contributed by atoms with Gasteiger partial charge in [0.05, 0.1) is 17.5 Å². The van der Waals surface area contributed by atoms with Crippen LogP contribution in [0.15, 0.2) is 23.3 Å². The maximum Gasteiger partial charge on any atom is 0.374 e. The number of rotatable bonds is 2. The summed E-state index contributed by atoms with van der Waals surface area (Å²) in [6.07, 6.45) is 2.90. The van der Waals surface area contributed by atoms with Crippen LogP contribution in [0.25, 0.3) is 10.9 Å². The number of nitrogens with one attached hydrogen (secondary N) is 1. The molecule has 2 aromatic rings. The number of carbonyl (C=O) groups excluding carboxylic acids is 1. The van der Waals surface area contributed by atoms with Crippen molar-refractivity contribution in [1.29, 1.82) is 0 Å². The van der Waals surface area contributed by atoms with Crippen LogP contribution in [0.5, 0.6) is 0 Å². The van der Waals surface area contributed by atoms with E-state index in [4.69, 9.17) is 4.74 Å². The Hall–Kier alpha value is -2.24. The second kappa shape index (κ2) is 4.09. The van der Waals surface area contributed by atoms with Crippen molar-refractivity contribution in [2.75, 3.05) is 6.61 Å². The second-order valence-corrected chi connectivity index (χ2v) is 3.03. The lowest BCUT2D eigenvalue weighted by atomic mass is 10.3. The molecule has 0 saturated heterocycles. The van der Waals surface area contributed by atoms with Crippen molar-refractivity contribution < 1.29 is 9.53 Å². The van der Waals surface area contributed by atoms with Crippen LogP contribution in [0, 0.1) is 0 Å². The fourth-order valence-electron chi connectivity index (χ4n) is 1.28. The Labute approximate surface area is 90.3 Å². The van der Waals surface area contributed by atoms with E-state index < -0.39 is 11.5 Å². The first-order valence-electron chi connectivity index (χ1n) is 4.73. The second-order valence-electron chi connectivity index (χ2n) is 3.03. The molecule has 2 heterocycles. The van der Waals surface area contributed by atoms with Gasteiger partial charge < -0.3 is 9.72 Å². The van der Waals surface area contributed by atoms with Crippen molar-refractivity contribution in [1.82, 2.24) is 15.0 Å². The summed E-state index contributed by atoms with van der Waals surface area (Å²) >= 11 is 0. The topological polar surface area (TPSA) is 84.9 Å². The molecule has 2 aromatic heterocycles. The predicted octanol–water partition coefficient (Wildman–Crippen LogP) is 0.495. The van der Waals surface area contributed by atoms with Crippen LogP contribution in [0.3, 0.4) is 0 Å². The van der Waals surface area contributed by atoms with Gasteiger partial charge in [-0.2, -0.15) is 0 Å². The molecule has 0 atom stereocenters. The van der Waals surface area contributed by atoms with Crippen molar-refractivity contribution in [3.05, 3.63) is 34.6 Å². The Kier molecular flexibility index (Phi) is 2.63. The van der Waals surface area contributed by atoms with Gasteiger partial charge in [0.25, 0.3) is 5.56 Å². The normalized spacial score (nSPS) is 10.3. The van der Waals surface area contributed by atoms with Crippen LogP contribution < -0.4 is 5.56 Å². The van der Waals surface area contributed by atoms with Gasteiger partial charge >= 0.3 is 5.97 Å². The molecular weight excluding hydrogens is 210 g/mol. The quantitative estimate of drug-likeness (QED) is 0.743. The van der Waals surface area contributed by atoms with E-state index in [2.05, 4.69) is 15.0 Å². The maximum atomic E-state index is 11.6. The van der Waals surface area contributed by atoms with Crippen molar-refractivity contribution >= 4 is 16.9 Å². The average molecular weight is 219 g/mol. The molecular formula is C10H9N3O3. The molecule has 6 heteroatoms. The number of H-pyrrole nitrogens is 1. The average Bonchev–Trinajstić information content (AvgIpc) is 2.29. The summed E-state index contributed by atoms with van der Waals surface area (Å²) in [5.74, 6) is -0.733. The lowest BCUT2D eigenvalue weighted by Gasteiger charge is -2.01. The Bertz CT molecular complexity index is 591. The molecule has 0 bridgehead atoms. The number of aromatic nitrogens is 3. The fraction of sp³-hybridized carbons (Fsp3) is 0.200. The van der Waals surface area contributed by atoms with Gasteiger partial charge in [-0.05, 0) is 13.0 Å². The third-order valence-electron chi connectivity index (χ3n) is 1.98. The number of fused-ring (bicyclic) bond motifs is 1. The molecule has 0 saturated carbocycles. The van der Waals surface area contributed by atoms with Crippen molar-refractivity contribution in [3.8, 4) is 0 Å². The molecule has 0 amide bonds. The monoisotopic (exact) mass is 219 g/mol. The first-order valence-corrected chi connectivity index (χ1v) is 4.73. The lowest BCUT2D eigenvalue weighted by molar-refractivity contribution is 0.0512. The molecule has 0 radical (unpaired) electrons. The number of ether oxygens (including phenoxy) is 1. The summed E-state index contributed by atoms with van der Waals surface area (Å²) in [4.78, 5) is 33.1. The molecule has 0 fully saturated rings. The SMILES string of the molecule is CCOC(=O)c1nc2ccncc2c(=O)[nH]1. The Morgan fingerprint density at radius 2 is 2.38 bits per heavy atom. The first kappa shape index (κ1) is 10.3. The van der Waals surface area contributed by atoms with Crippen LogP contribution in [0.1, 0.15) is 17.5 Å². The van der Waals surface area contributed by atoms with Gasteiger partial charge in [0.1, 0.15) is 0 Å². The van der Waals surface area contributed by atoms with Crippen LogP contribution in [0.2, 0.25) is 0 Å². The summed E-state index contributed by atoms with van der Waals surface area (Å²) in [5, 5.41) is 0.343. The van der Waals surface area contributed by atoms with Gasteiger partial charge in [0, 0.05) is 12.4 Å². The largest absolute Gasteiger partial charge is 0.460 e. The van der Waals surface area contributed by atoms with Crippen LogP contribution in [-0.2, 0) is 4.74 Å². The number of aromatic amines is 1. The van der Waals surface area contributed by atoms with Gasteiger partial charge in [-0.1, -0.05) is 0 Å². The van der Waals surface area contributed by atoms with Gasteiger partial charge in [0.15, 0.2) is 0 Å². The Morgan fingerprint density at radius 3 is 3.12 bits per heavy atom. The van der Waals surface area contributed by atoms with E-state index in [9.17, 15) is 9.59 Å². The van der Waals surface area contributed by atoms with Crippen LogP contribution in [0.4, 0.5) is 0 Å². The molecule has 6 nitrogen and oxygen atoms in total. The Morgan fingerprint density at radius 1 is 1.56 bits per heavy atom. The number of carbonyl (C=O) groups is 1. The van der Waals surface area contributed by atoms with E-state index in [1.807, 2.05) is 0 Å². The van der Waals surface area contributed by atoms with Gasteiger partial charge in [-0.15, -0.1) is 0 Å². The van der Waals surface area contributed by atoms with Crippen LogP contribution in [-0.4, -0.2) is 27.5 Å². The van der Waals surface area contributed by atoms with Gasteiger partial charge in [0.2, 0.25) is 5.82 Å². The number of esters is 1. The zero-order valence-electron chi connectivity index (χ0n) is 8.56. The van der Waals surface area contributed by atoms with E-state index in [1.54, 1.807) is 13.0 Å². The lowest BCUT2D eigenvalue weighted by Crippen LogP contribution is -2.17. The zero-order chi connectivity index (χ0) is 11.5. The summed E-state index contributed by atoms with van der Waals surface area (Å²) in [5.41, 5.74) is 0.0166. The molecule has 0 aromatic carbocycles. The van der Waals surface area contributed by atoms with Crippen molar-refractivity contribution in [3.63, 3.8) is 0 Å². The van der Waals surface area contributed by atoms with E-state index >= 15 is 0 Å². The van der Waals surface area contributed by atoms with Gasteiger partial charge in [-0.25, -0.2) is 9.78 Å². The first-order chi connectivity index (χ1) is 7.72. The molecule has 0 aliphatic rings. The number of nitrogens with zero attached hydrogens (tertiary/aromatic N) is 2. The highest BCUT2D eigenvalue weighted by Gasteiger charge is 2.11. The minimum atomic E-state index is -0.640. The summed E-state index contributed by atoms with van der Waals surface area (Å²) in [7, 11) is 0. The fourth-order valence-corrected chi connectivity index (χ4v) is 1.28. The molecule has 82 valence electrons. The molecule has 0 spiro atoms. The molecule has 16 heavy (non-hydrogen) atoms. The molecule has 0 aliphatic carbocycles. The zero-order valence-corrected chi connectivity index (χ0v) is 8.56. The molecule has 1 N–H and O–H groups in total. The molecule has 0 aliphatic heterocycles. The standard InChI is InChI=1S/C10H9N3O3/c1-2-16-10(15)8-12-7-3-4-11-5-6(7)9(14)13-8/h3-5H,2H2,1H3,(H,12,13,14). The third-order valence-corrected chi connectivity index (χ3v) is 1.98. The van der Waals surface area contributed by atoms with Crippen molar-refractivity contribution in [2.45, 2.75) is 6.92 Å². The summed E-state index contributed by atoms with van der Waals surface area (Å²) < 4.78 is 4.74. The minimum Gasteiger partial charge on any atom is -0.460 e. The van der Waals surface area contributed by atoms with E-state index in [0.717, 1.165) is 0 Å². The maximum absolute atomic E-state index is 11.6. The Balaban J connectivity index is 2.58. The van der Waals surface area contributed by atoms with E-state index in [-0.39, 0.29) is 12.4 Å². The smallest absolute Gasteiger partial charge is 0.374 e. The van der Waals surface area contributed by atoms with E-state index in [0.29, 0.717) is 10.9 Å². The highest BCUT2D eigenvalue weighted by molar-refractivity contribution is 5.88. The number of pyridine rings is 1. The van der Waals surface area contributed by atoms with E-state index in [1.165, 1.54) is 12.4 Å². The van der Waals surface area contributed by atoms with Gasteiger partial charge in [-0.3, -0.25) is 9.78 Å². The molecule has 2 rings (SSSR count). The molecule has 0 unspecified atom stereocenters. The third kappa shape index (κ3) is 1.77. The highest BCUT2D eigenvalue weighted by Crippen LogP contribution is 2.04. The van der Waals surface area contributed by atoms with Crippen LogP contribution >= 0.6 is 0 Å². The highest BCUT2D eigenvalue weighted by atomic mass is 16.5. The summed E-state index contributed by atoms with van der Waals surface area (Å²) in [6.45, 7) is 1.91. The van der Waals surface area contributed by atoms with Crippen molar-refractivity contribution in [2.24, 2.45) is 0 Å².